The molecule has 0 unspecified atom stereocenters. The zero-order valence-electron chi connectivity index (χ0n) is 17.0. The molecule has 0 saturated heterocycles. The lowest BCUT2D eigenvalue weighted by molar-refractivity contribution is 0.315. The topological polar surface area (TPSA) is 22.1 Å². The molecule has 0 atom stereocenters. The Balaban J connectivity index is 2.14. The SMILES string of the molecule is Cc1ccc2cc(-c3ccc(C(C)(C)C)cc3CO[Si](C)C)cc(Br)c2n1. The number of hydrogen-bond acceptors (Lipinski definition) is 2. The monoisotopic (exact) mass is 440 g/mol. The van der Waals surface area contributed by atoms with E-state index in [0.717, 1.165) is 21.1 Å². The minimum atomic E-state index is -0.744. The van der Waals surface area contributed by atoms with E-state index in [-0.39, 0.29) is 5.41 Å². The molecule has 0 saturated carbocycles. The van der Waals surface area contributed by atoms with Crippen LogP contribution >= 0.6 is 15.9 Å². The Kier molecular flexibility index (Phi) is 5.89. The molecule has 1 radical (unpaired) electrons. The first-order valence-electron chi connectivity index (χ1n) is 9.29. The van der Waals surface area contributed by atoms with Crippen LogP contribution in [-0.4, -0.2) is 14.0 Å². The van der Waals surface area contributed by atoms with Crippen molar-refractivity contribution in [2.45, 2.75) is 52.8 Å². The smallest absolute Gasteiger partial charge is 0.205 e. The van der Waals surface area contributed by atoms with Crippen LogP contribution < -0.4 is 0 Å². The number of aromatic nitrogens is 1. The predicted molar refractivity (Wildman–Crippen MR) is 121 cm³/mol. The van der Waals surface area contributed by atoms with Crippen LogP contribution in [0.5, 0.6) is 0 Å². The summed E-state index contributed by atoms with van der Waals surface area (Å²) < 4.78 is 7.10. The number of nitrogens with zero attached hydrogens (tertiary/aromatic N) is 1. The molecule has 0 fully saturated rings. The molecule has 3 rings (SSSR count). The van der Waals surface area contributed by atoms with Crippen LogP contribution in [0.15, 0.2) is 46.9 Å². The summed E-state index contributed by atoms with van der Waals surface area (Å²) in [5.41, 5.74) is 7.17. The molecule has 1 heterocycles. The summed E-state index contributed by atoms with van der Waals surface area (Å²) in [5, 5.41) is 1.15. The molecular weight excluding hydrogens is 414 g/mol. The molecule has 0 N–H and O–H groups in total. The summed E-state index contributed by atoms with van der Waals surface area (Å²) in [5.74, 6) is 0. The number of hydrogen-bond donors (Lipinski definition) is 0. The highest BCUT2D eigenvalue weighted by molar-refractivity contribution is 9.10. The van der Waals surface area contributed by atoms with Gasteiger partial charge in [0.05, 0.1) is 12.1 Å². The van der Waals surface area contributed by atoms with Crippen molar-refractivity contribution < 1.29 is 4.43 Å². The Morgan fingerprint density at radius 3 is 2.44 bits per heavy atom. The number of benzene rings is 2. The largest absolute Gasteiger partial charge is 0.413 e. The summed E-state index contributed by atoms with van der Waals surface area (Å²) >= 11 is 3.72. The fraction of sp³-hybridized carbons (Fsp3) is 0.348. The maximum Gasteiger partial charge on any atom is 0.205 e. The van der Waals surface area contributed by atoms with Gasteiger partial charge in [0.1, 0.15) is 0 Å². The van der Waals surface area contributed by atoms with Gasteiger partial charge in [-0.1, -0.05) is 45.0 Å². The second-order valence-electron chi connectivity index (χ2n) is 8.30. The molecule has 0 bridgehead atoms. The van der Waals surface area contributed by atoms with Gasteiger partial charge in [-0.25, -0.2) is 0 Å². The Labute approximate surface area is 172 Å². The highest BCUT2D eigenvalue weighted by Gasteiger charge is 2.17. The molecule has 2 aromatic carbocycles. The van der Waals surface area contributed by atoms with E-state index in [4.69, 9.17) is 4.43 Å². The molecule has 1 aromatic heterocycles. The van der Waals surface area contributed by atoms with Crippen molar-refractivity contribution in [1.82, 2.24) is 4.98 Å². The van der Waals surface area contributed by atoms with Gasteiger partial charge in [-0.3, -0.25) is 4.98 Å². The Morgan fingerprint density at radius 1 is 1.04 bits per heavy atom. The molecule has 3 aromatic rings. The molecule has 0 spiro atoms. The van der Waals surface area contributed by atoms with Crippen LogP contribution in [0.1, 0.15) is 37.6 Å². The average Bonchev–Trinajstić information content (AvgIpc) is 2.59. The van der Waals surface area contributed by atoms with Crippen molar-refractivity contribution in [1.29, 1.82) is 0 Å². The Bertz CT molecular complexity index is 976. The van der Waals surface area contributed by atoms with Gasteiger partial charge in [-0.2, -0.15) is 0 Å². The zero-order chi connectivity index (χ0) is 19.8. The quantitative estimate of drug-likeness (QED) is 0.405. The molecular formula is C23H27BrNOSi. The van der Waals surface area contributed by atoms with Crippen molar-refractivity contribution in [2.24, 2.45) is 0 Å². The second kappa shape index (κ2) is 7.86. The third-order valence-corrected chi connectivity index (χ3v) is 6.01. The standard InChI is InChI=1S/C23H27BrNOSi/c1-15-7-8-16-11-17(13-21(24)22(16)25-15)20-10-9-19(23(2,3)4)12-18(20)14-26-27(5)6/h7-13H,14H2,1-6H3. The van der Waals surface area contributed by atoms with E-state index >= 15 is 0 Å². The fourth-order valence-corrected chi connectivity index (χ4v) is 4.14. The number of pyridine rings is 1. The van der Waals surface area contributed by atoms with Crippen molar-refractivity contribution in [2.75, 3.05) is 0 Å². The van der Waals surface area contributed by atoms with Gasteiger partial charge >= 0.3 is 0 Å². The number of rotatable bonds is 4. The lowest BCUT2D eigenvalue weighted by Gasteiger charge is -2.22. The third kappa shape index (κ3) is 4.68. The van der Waals surface area contributed by atoms with E-state index in [0.29, 0.717) is 6.61 Å². The predicted octanol–water partition coefficient (Wildman–Crippen LogP) is 7.04. The van der Waals surface area contributed by atoms with Gasteiger partial charge in [-0.15, -0.1) is 0 Å². The number of fused-ring (bicyclic) bond motifs is 1. The summed E-state index contributed by atoms with van der Waals surface area (Å²) in [6, 6.07) is 15.4. The molecule has 0 aliphatic carbocycles. The van der Waals surface area contributed by atoms with Gasteiger partial charge in [-0.05, 0) is 81.8 Å². The van der Waals surface area contributed by atoms with Crippen LogP contribution in [0, 0.1) is 6.92 Å². The van der Waals surface area contributed by atoms with E-state index in [9.17, 15) is 0 Å². The third-order valence-electron chi connectivity index (χ3n) is 4.68. The molecule has 0 amide bonds. The zero-order valence-corrected chi connectivity index (χ0v) is 19.6. The van der Waals surface area contributed by atoms with Crippen LogP contribution in [0.25, 0.3) is 22.0 Å². The fourth-order valence-electron chi connectivity index (χ4n) is 3.13. The molecule has 0 aliphatic rings. The molecule has 141 valence electrons. The summed E-state index contributed by atoms with van der Waals surface area (Å²) in [4.78, 5) is 4.67. The molecule has 2 nitrogen and oxygen atoms in total. The van der Waals surface area contributed by atoms with Gasteiger partial charge in [0, 0.05) is 15.6 Å². The lowest BCUT2D eigenvalue weighted by Crippen LogP contribution is -2.13. The lowest BCUT2D eigenvalue weighted by atomic mass is 9.84. The highest BCUT2D eigenvalue weighted by atomic mass is 79.9. The summed E-state index contributed by atoms with van der Waals surface area (Å²) in [7, 11) is -0.744. The summed E-state index contributed by atoms with van der Waals surface area (Å²) in [6.07, 6.45) is 0. The first-order valence-corrected chi connectivity index (χ1v) is 12.5. The van der Waals surface area contributed by atoms with Crippen molar-refractivity contribution in [3.63, 3.8) is 0 Å². The Morgan fingerprint density at radius 2 is 1.78 bits per heavy atom. The molecule has 4 heteroatoms. The normalized spacial score (nSPS) is 12.1. The van der Waals surface area contributed by atoms with Gasteiger partial charge < -0.3 is 4.43 Å². The summed E-state index contributed by atoms with van der Waals surface area (Å²) in [6.45, 7) is 13.8. The first kappa shape index (κ1) is 20.2. The van der Waals surface area contributed by atoms with Crippen LogP contribution in [0.2, 0.25) is 13.1 Å². The van der Waals surface area contributed by atoms with E-state index in [1.807, 2.05) is 6.92 Å². The highest BCUT2D eigenvalue weighted by Crippen LogP contribution is 2.34. The minimum Gasteiger partial charge on any atom is -0.413 e. The van der Waals surface area contributed by atoms with E-state index < -0.39 is 9.04 Å². The van der Waals surface area contributed by atoms with Gasteiger partial charge in [0.25, 0.3) is 0 Å². The molecule has 0 aliphatic heterocycles. The van der Waals surface area contributed by atoms with Gasteiger partial charge in [0.2, 0.25) is 9.04 Å². The van der Waals surface area contributed by atoms with Crippen LogP contribution in [-0.2, 0) is 16.4 Å². The van der Waals surface area contributed by atoms with Crippen LogP contribution in [0.3, 0.4) is 0 Å². The molecule has 27 heavy (non-hydrogen) atoms. The maximum atomic E-state index is 6.07. The van der Waals surface area contributed by atoms with Crippen molar-refractivity contribution >= 4 is 35.9 Å². The minimum absolute atomic E-state index is 0.116. The Hall–Kier alpha value is -1.49. The maximum absolute atomic E-state index is 6.07. The second-order valence-corrected chi connectivity index (χ2v) is 11.3. The van der Waals surface area contributed by atoms with E-state index in [1.165, 1.54) is 22.3 Å². The van der Waals surface area contributed by atoms with E-state index in [1.54, 1.807) is 0 Å². The number of halogens is 1. The van der Waals surface area contributed by atoms with Crippen LogP contribution in [0.4, 0.5) is 0 Å². The van der Waals surface area contributed by atoms with Crippen molar-refractivity contribution in [3.05, 3.63) is 63.8 Å². The van der Waals surface area contributed by atoms with E-state index in [2.05, 4.69) is 97.2 Å². The van der Waals surface area contributed by atoms with Gasteiger partial charge in [0.15, 0.2) is 0 Å². The van der Waals surface area contributed by atoms with Crippen molar-refractivity contribution in [3.8, 4) is 11.1 Å². The average molecular weight is 441 g/mol. The first-order chi connectivity index (χ1) is 12.6. The number of aryl methyl sites for hydroxylation is 1.